The molecule has 0 fully saturated rings. The number of imidazole rings is 1. The predicted molar refractivity (Wildman–Crippen MR) is 95.7 cm³/mol. The van der Waals surface area contributed by atoms with E-state index in [-0.39, 0.29) is 17.1 Å². The average molecular weight is 341 g/mol. The van der Waals surface area contributed by atoms with Crippen LogP contribution in [0.5, 0.6) is 0 Å². The number of hydrogen-bond acceptors (Lipinski definition) is 6. The van der Waals surface area contributed by atoms with Crippen molar-refractivity contribution in [3.05, 3.63) is 68.6 Å². The molecule has 25 heavy (non-hydrogen) atoms. The molecule has 9 nitrogen and oxygen atoms in total. The van der Waals surface area contributed by atoms with Crippen LogP contribution in [0.3, 0.4) is 0 Å². The molecule has 2 heterocycles. The van der Waals surface area contributed by atoms with Crippen LogP contribution in [0.4, 0.5) is 5.95 Å². The molecule has 0 bridgehead atoms. The Hall–Kier alpha value is -3.33. The molecule has 0 radical (unpaired) electrons. The summed E-state index contributed by atoms with van der Waals surface area (Å²) in [5.74, 6) is 6.19. The number of nitrogens with one attached hydrogen (secondary N) is 1. The molecule has 9 heteroatoms. The highest BCUT2D eigenvalue weighted by Gasteiger charge is 2.15. The zero-order chi connectivity index (χ0) is 18.1. The SMILES string of the molecule is Cn1c(=O)c2[nH]c(N(N)/C=C(\N)Cc3ccccc3)nc2n(C)c1=O. The van der Waals surface area contributed by atoms with E-state index in [1.54, 1.807) is 0 Å². The number of aromatic amines is 1. The topological polar surface area (TPSA) is 128 Å². The molecule has 0 unspecified atom stereocenters. The number of hydrazine groups is 1. The van der Waals surface area contributed by atoms with E-state index in [0.29, 0.717) is 12.1 Å². The maximum Gasteiger partial charge on any atom is 0.332 e. The first-order chi connectivity index (χ1) is 11.9. The first-order valence-corrected chi connectivity index (χ1v) is 7.58. The van der Waals surface area contributed by atoms with Gasteiger partial charge in [-0.3, -0.25) is 18.9 Å². The number of aryl methyl sites for hydroxylation is 1. The minimum Gasteiger partial charge on any atom is -0.401 e. The van der Waals surface area contributed by atoms with Gasteiger partial charge in [-0.15, -0.1) is 0 Å². The lowest BCUT2D eigenvalue weighted by Crippen LogP contribution is -2.36. The minimum atomic E-state index is -0.466. The fourth-order valence-corrected chi connectivity index (χ4v) is 2.55. The Labute approximate surface area is 142 Å². The average Bonchev–Trinajstić information content (AvgIpc) is 3.04. The summed E-state index contributed by atoms with van der Waals surface area (Å²) in [6.45, 7) is 0. The van der Waals surface area contributed by atoms with Crippen LogP contribution in [-0.4, -0.2) is 19.1 Å². The Morgan fingerprint density at radius 3 is 2.60 bits per heavy atom. The van der Waals surface area contributed by atoms with Gasteiger partial charge in [0.25, 0.3) is 5.56 Å². The highest BCUT2D eigenvalue weighted by Crippen LogP contribution is 2.12. The predicted octanol–water partition coefficient (Wildman–Crippen LogP) is -0.317. The highest BCUT2D eigenvalue weighted by atomic mass is 16.2. The lowest BCUT2D eigenvalue weighted by Gasteiger charge is -2.11. The summed E-state index contributed by atoms with van der Waals surface area (Å²) in [7, 11) is 2.94. The Bertz CT molecular complexity index is 1060. The van der Waals surface area contributed by atoms with Gasteiger partial charge in [-0.2, -0.15) is 4.98 Å². The van der Waals surface area contributed by atoms with Crippen LogP contribution in [0.25, 0.3) is 11.2 Å². The quantitative estimate of drug-likeness (QED) is 0.441. The summed E-state index contributed by atoms with van der Waals surface area (Å²) in [6, 6.07) is 9.71. The molecule has 0 saturated heterocycles. The minimum absolute atomic E-state index is 0.199. The second-order valence-corrected chi connectivity index (χ2v) is 5.74. The van der Waals surface area contributed by atoms with Crippen molar-refractivity contribution >= 4 is 17.1 Å². The number of nitrogens with two attached hydrogens (primary N) is 2. The van der Waals surface area contributed by atoms with E-state index in [2.05, 4.69) is 9.97 Å². The van der Waals surface area contributed by atoms with E-state index in [4.69, 9.17) is 11.6 Å². The number of rotatable bonds is 4. The van der Waals surface area contributed by atoms with Crippen LogP contribution in [-0.2, 0) is 20.5 Å². The molecule has 0 saturated carbocycles. The first-order valence-electron chi connectivity index (χ1n) is 7.58. The van der Waals surface area contributed by atoms with E-state index in [1.807, 2.05) is 30.3 Å². The summed E-state index contributed by atoms with van der Waals surface area (Å²) < 4.78 is 2.28. The van der Waals surface area contributed by atoms with Crippen LogP contribution >= 0.6 is 0 Å². The largest absolute Gasteiger partial charge is 0.401 e. The second-order valence-electron chi connectivity index (χ2n) is 5.74. The van der Waals surface area contributed by atoms with Crippen molar-refractivity contribution in [2.75, 3.05) is 5.01 Å². The molecule has 2 aromatic heterocycles. The van der Waals surface area contributed by atoms with Gasteiger partial charge in [0, 0.05) is 32.4 Å². The number of benzene rings is 1. The molecule has 0 aliphatic rings. The summed E-state index contributed by atoms with van der Waals surface area (Å²) in [5.41, 5.74) is 7.10. The number of allylic oxidation sites excluding steroid dienone is 1. The van der Waals surface area contributed by atoms with Crippen molar-refractivity contribution in [2.45, 2.75) is 6.42 Å². The van der Waals surface area contributed by atoms with Gasteiger partial charge in [0.15, 0.2) is 11.2 Å². The Balaban J connectivity index is 1.95. The Kier molecular flexibility index (Phi) is 4.15. The standard InChI is InChI=1S/C16H19N7O2/c1-21-13-12(14(24)22(2)16(21)25)19-15(20-13)23(18)9-11(17)8-10-6-4-3-5-7-10/h3-7,9H,8,17-18H2,1-2H3,(H,19,20)/b11-9-. The van der Waals surface area contributed by atoms with Gasteiger partial charge in [-0.25, -0.2) is 10.6 Å². The molecule has 1 aromatic carbocycles. The molecule has 3 rings (SSSR count). The van der Waals surface area contributed by atoms with Crippen LogP contribution in [0, 0.1) is 0 Å². The number of anilines is 1. The first kappa shape index (κ1) is 16.5. The lowest BCUT2D eigenvalue weighted by atomic mass is 10.1. The van der Waals surface area contributed by atoms with Crippen LogP contribution in [0.15, 0.2) is 51.8 Å². The maximum absolute atomic E-state index is 12.2. The third-order valence-electron chi connectivity index (χ3n) is 3.88. The van der Waals surface area contributed by atoms with E-state index < -0.39 is 11.2 Å². The zero-order valence-electron chi connectivity index (χ0n) is 13.9. The normalized spacial score (nSPS) is 11.9. The maximum atomic E-state index is 12.2. The smallest absolute Gasteiger partial charge is 0.332 e. The van der Waals surface area contributed by atoms with Crippen LogP contribution in [0.1, 0.15) is 5.56 Å². The monoisotopic (exact) mass is 341 g/mol. The van der Waals surface area contributed by atoms with Gasteiger partial charge < -0.3 is 10.7 Å². The summed E-state index contributed by atoms with van der Waals surface area (Å²) in [5, 5.41) is 1.20. The van der Waals surface area contributed by atoms with E-state index >= 15 is 0 Å². The molecule has 0 atom stereocenters. The molecular formula is C16H19N7O2. The van der Waals surface area contributed by atoms with Crippen LogP contribution < -0.4 is 27.8 Å². The van der Waals surface area contributed by atoms with E-state index in [1.165, 1.54) is 29.9 Å². The van der Waals surface area contributed by atoms with Crippen molar-refractivity contribution in [3.63, 3.8) is 0 Å². The van der Waals surface area contributed by atoms with Gasteiger partial charge in [-0.05, 0) is 5.56 Å². The molecule has 5 N–H and O–H groups in total. The van der Waals surface area contributed by atoms with E-state index in [0.717, 1.165) is 10.1 Å². The molecule has 3 aromatic rings. The van der Waals surface area contributed by atoms with Gasteiger partial charge >= 0.3 is 5.69 Å². The fourth-order valence-electron chi connectivity index (χ4n) is 2.55. The van der Waals surface area contributed by atoms with Crippen molar-refractivity contribution in [1.29, 1.82) is 0 Å². The summed E-state index contributed by atoms with van der Waals surface area (Å²) in [4.78, 5) is 31.2. The molecule has 130 valence electrons. The highest BCUT2D eigenvalue weighted by molar-refractivity contribution is 5.73. The van der Waals surface area contributed by atoms with Crippen LogP contribution in [0.2, 0.25) is 0 Å². The van der Waals surface area contributed by atoms with Crippen molar-refractivity contribution in [3.8, 4) is 0 Å². The summed E-state index contributed by atoms with van der Waals surface area (Å²) in [6.07, 6.45) is 2.04. The van der Waals surface area contributed by atoms with Gasteiger partial charge in [0.05, 0.1) is 0 Å². The third kappa shape index (κ3) is 3.04. The lowest BCUT2D eigenvalue weighted by molar-refractivity contribution is 0.708. The number of aromatic nitrogens is 4. The van der Waals surface area contributed by atoms with Crippen molar-refractivity contribution < 1.29 is 0 Å². The van der Waals surface area contributed by atoms with Gasteiger partial charge in [0.2, 0.25) is 5.95 Å². The zero-order valence-corrected chi connectivity index (χ0v) is 13.9. The molecule has 0 aliphatic carbocycles. The second kappa shape index (κ2) is 6.29. The Morgan fingerprint density at radius 1 is 1.24 bits per heavy atom. The number of nitrogens with zero attached hydrogens (tertiary/aromatic N) is 4. The van der Waals surface area contributed by atoms with E-state index in [9.17, 15) is 9.59 Å². The Morgan fingerprint density at radius 2 is 1.92 bits per heavy atom. The fraction of sp³-hybridized carbons (Fsp3) is 0.188. The van der Waals surface area contributed by atoms with Gasteiger partial charge in [0.1, 0.15) is 0 Å². The van der Waals surface area contributed by atoms with Crippen molar-refractivity contribution in [1.82, 2.24) is 19.1 Å². The van der Waals surface area contributed by atoms with Gasteiger partial charge in [-0.1, -0.05) is 30.3 Å². The van der Waals surface area contributed by atoms with Crippen molar-refractivity contribution in [2.24, 2.45) is 25.7 Å². The number of H-pyrrole nitrogens is 1. The number of fused-ring (bicyclic) bond motifs is 1. The summed E-state index contributed by atoms with van der Waals surface area (Å²) >= 11 is 0. The molecule has 0 aliphatic heterocycles. The number of hydrogen-bond donors (Lipinski definition) is 3. The third-order valence-corrected chi connectivity index (χ3v) is 3.88. The molecule has 0 amide bonds. The molecular weight excluding hydrogens is 322 g/mol. The molecule has 0 spiro atoms.